The molecule has 10 heteroatoms. The normalized spacial score (nSPS) is 13.0. The van der Waals surface area contributed by atoms with Gasteiger partial charge in [-0.05, 0) is 99.4 Å². The van der Waals surface area contributed by atoms with Crippen LogP contribution in [0.3, 0.4) is 0 Å². The lowest BCUT2D eigenvalue weighted by Gasteiger charge is -2.35. The van der Waals surface area contributed by atoms with Crippen molar-refractivity contribution in [2.24, 2.45) is 0 Å². The Morgan fingerprint density at radius 1 is 0.508 bits per heavy atom. The number of nitrogens with one attached hydrogen (secondary N) is 2. The van der Waals surface area contributed by atoms with E-state index in [1.807, 2.05) is 23.9 Å². The van der Waals surface area contributed by atoms with E-state index in [1.165, 1.54) is 66.1 Å². The summed E-state index contributed by atoms with van der Waals surface area (Å²) in [6, 6.07) is 31.5. The summed E-state index contributed by atoms with van der Waals surface area (Å²) in [5, 5.41) is 11.6. The zero-order chi connectivity index (χ0) is 42.2. The van der Waals surface area contributed by atoms with Gasteiger partial charge >= 0.3 is 0 Å². The molecule has 0 unspecified atom stereocenters. The highest BCUT2D eigenvalue weighted by atomic mass is 16.2. The number of aromatic nitrogens is 2. The molecule has 1 aliphatic rings. The number of rotatable bonds is 18. The molecule has 2 aromatic heterocycles. The Labute approximate surface area is 364 Å². The molecule has 0 saturated carbocycles. The van der Waals surface area contributed by atoms with Crippen LogP contribution in [-0.2, 0) is 35.8 Å². The second-order valence-electron chi connectivity index (χ2n) is 17.1. The minimum Gasteiger partial charge on any atom is -0.377 e. The first-order chi connectivity index (χ1) is 29.1. The number of aryl methyl sites for hydroxylation is 2. The topological polar surface area (TPSA) is 78.9 Å². The highest BCUT2D eigenvalue weighted by molar-refractivity contribution is 5.92. The van der Waals surface area contributed by atoms with Gasteiger partial charge in [0.25, 0.3) is 0 Å². The standard InChI is InChI=1S/C50H66N8O2.CH4/c1-51-35-37-15-17-39-31-40-18-16-38(36-52-2)30-46(40)57(45(39)29-37)23-11-7-9-13-49(59)55-25-27-56(28-26-55)50(60)14-10-8-12-24-58-47-33-43(53(3)4)21-19-41(47)32-42-20-22-44(54(5)6)34-48(42)58;/h15-22,29-34,51-52H,7-14,23-28,35-36H2,1-6H3;1H4/q+2;. The summed E-state index contributed by atoms with van der Waals surface area (Å²) in [6.07, 6.45) is 6.84. The molecule has 1 fully saturated rings. The van der Waals surface area contributed by atoms with Gasteiger partial charge in [-0.3, -0.25) is 9.59 Å². The van der Waals surface area contributed by atoms with Crippen LogP contribution >= 0.6 is 0 Å². The summed E-state index contributed by atoms with van der Waals surface area (Å²) in [5.74, 6) is 0.430. The highest BCUT2D eigenvalue weighted by Crippen LogP contribution is 2.26. The minimum absolute atomic E-state index is 0. The number of benzene rings is 4. The Kier molecular flexibility index (Phi) is 15.5. The third kappa shape index (κ3) is 10.8. The lowest BCUT2D eigenvalue weighted by molar-refractivity contribution is -0.646. The van der Waals surface area contributed by atoms with Gasteiger partial charge in [0.1, 0.15) is 13.1 Å². The molecular formula is C51H70N8O2+2. The quantitative estimate of drug-likeness (QED) is 0.0529. The molecule has 1 saturated heterocycles. The van der Waals surface area contributed by atoms with Crippen LogP contribution in [0.1, 0.15) is 69.9 Å². The number of unbranched alkanes of at least 4 members (excludes halogenated alkanes) is 4. The molecule has 2 N–H and O–H groups in total. The van der Waals surface area contributed by atoms with Crippen molar-refractivity contribution in [1.29, 1.82) is 0 Å². The Bertz CT molecular complexity index is 2320. The van der Waals surface area contributed by atoms with E-state index in [0.717, 1.165) is 64.7 Å². The molecule has 61 heavy (non-hydrogen) atoms. The second kappa shape index (κ2) is 21.0. The van der Waals surface area contributed by atoms with E-state index >= 15 is 0 Å². The van der Waals surface area contributed by atoms with E-state index < -0.39 is 0 Å². The first-order valence-corrected chi connectivity index (χ1v) is 22.1. The molecule has 4 aromatic carbocycles. The summed E-state index contributed by atoms with van der Waals surface area (Å²) >= 11 is 0. The second-order valence-corrected chi connectivity index (χ2v) is 17.1. The molecule has 3 heterocycles. The van der Waals surface area contributed by atoms with Gasteiger partial charge in [-0.1, -0.05) is 19.6 Å². The molecular weight excluding hydrogens is 757 g/mol. The SMILES string of the molecule is C.CNCc1ccc2cc3ccc(CNC)cc3[n+](CCCCCC(=O)N3CCN(C(=O)CCCCC[n+]4c5cc(N(C)C)ccc5cc5ccc(N(C)C)cc54)CC3)c2c1. The molecule has 2 amide bonds. The first-order valence-electron chi connectivity index (χ1n) is 22.1. The van der Waals surface area contributed by atoms with Crippen molar-refractivity contribution in [3.8, 4) is 0 Å². The van der Waals surface area contributed by atoms with Crippen LogP contribution in [0.15, 0.2) is 84.9 Å². The van der Waals surface area contributed by atoms with Crippen LogP contribution in [0.25, 0.3) is 43.6 Å². The van der Waals surface area contributed by atoms with Gasteiger partial charge in [0.15, 0.2) is 0 Å². The van der Waals surface area contributed by atoms with E-state index in [-0.39, 0.29) is 19.2 Å². The number of carbonyl (C=O) groups excluding carboxylic acids is 2. The van der Waals surface area contributed by atoms with E-state index in [0.29, 0.717) is 39.0 Å². The zero-order valence-corrected chi connectivity index (χ0v) is 36.9. The monoisotopic (exact) mass is 827 g/mol. The molecule has 10 nitrogen and oxygen atoms in total. The Hall–Kier alpha value is -5.32. The molecule has 0 bridgehead atoms. The van der Waals surface area contributed by atoms with Crippen molar-refractivity contribution >= 4 is 66.8 Å². The summed E-state index contributed by atoms with van der Waals surface area (Å²) in [6.45, 7) is 5.97. The van der Waals surface area contributed by atoms with Crippen molar-refractivity contribution in [2.45, 2.75) is 85.0 Å². The van der Waals surface area contributed by atoms with Gasteiger partial charge in [0.05, 0.1) is 0 Å². The van der Waals surface area contributed by atoms with Crippen molar-refractivity contribution in [3.05, 3.63) is 96.1 Å². The Morgan fingerprint density at radius 2 is 0.869 bits per heavy atom. The van der Waals surface area contributed by atoms with Crippen LogP contribution in [0, 0.1) is 0 Å². The Morgan fingerprint density at radius 3 is 1.23 bits per heavy atom. The van der Waals surface area contributed by atoms with Crippen molar-refractivity contribution in [3.63, 3.8) is 0 Å². The van der Waals surface area contributed by atoms with Crippen LogP contribution in [0.4, 0.5) is 11.4 Å². The Balaban J connectivity index is 0.00000622. The number of carbonyl (C=O) groups is 2. The third-order valence-corrected chi connectivity index (χ3v) is 12.3. The van der Waals surface area contributed by atoms with E-state index in [4.69, 9.17) is 0 Å². The highest BCUT2D eigenvalue weighted by Gasteiger charge is 2.24. The third-order valence-electron chi connectivity index (χ3n) is 12.3. The predicted octanol–water partition coefficient (Wildman–Crippen LogP) is 7.57. The number of hydrogen-bond donors (Lipinski definition) is 2. The summed E-state index contributed by atoms with van der Waals surface area (Å²) in [5.41, 5.74) is 9.90. The molecule has 6 aromatic rings. The van der Waals surface area contributed by atoms with Gasteiger partial charge in [0.2, 0.25) is 33.9 Å². The van der Waals surface area contributed by atoms with Crippen LogP contribution in [0.5, 0.6) is 0 Å². The molecule has 0 spiro atoms. The van der Waals surface area contributed by atoms with Crippen LogP contribution in [-0.4, -0.2) is 90.1 Å². The number of amides is 2. The van der Waals surface area contributed by atoms with E-state index in [9.17, 15) is 9.59 Å². The number of hydrogen-bond acceptors (Lipinski definition) is 6. The molecule has 7 rings (SSSR count). The van der Waals surface area contributed by atoms with Crippen molar-refractivity contribution < 1.29 is 18.7 Å². The average Bonchev–Trinajstić information content (AvgIpc) is 3.25. The van der Waals surface area contributed by atoms with Crippen LogP contribution in [0.2, 0.25) is 0 Å². The number of nitrogens with zero attached hydrogens (tertiary/aromatic N) is 6. The number of anilines is 2. The van der Waals surface area contributed by atoms with Gasteiger partial charge < -0.3 is 30.2 Å². The zero-order valence-electron chi connectivity index (χ0n) is 36.9. The van der Waals surface area contributed by atoms with Gasteiger partial charge in [-0.15, -0.1) is 0 Å². The fourth-order valence-electron chi connectivity index (χ4n) is 8.89. The maximum atomic E-state index is 13.3. The predicted molar refractivity (Wildman–Crippen MR) is 254 cm³/mol. The van der Waals surface area contributed by atoms with Gasteiger partial charge in [-0.2, -0.15) is 9.13 Å². The van der Waals surface area contributed by atoms with Crippen molar-refractivity contribution in [2.75, 3.05) is 78.3 Å². The molecule has 324 valence electrons. The maximum Gasteiger partial charge on any atom is 0.222 e. The van der Waals surface area contributed by atoms with Gasteiger partial charge in [-0.25, -0.2) is 0 Å². The molecule has 0 radical (unpaired) electrons. The molecule has 1 aliphatic heterocycles. The average molecular weight is 827 g/mol. The van der Waals surface area contributed by atoms with Gasteiger partial charge in [0, 0.05) is 150 Å². The summed E-state index contributed by atoms with van der Waals surface area (Å²) in [7, 11) is 12.3. The maximum absolute atomic E-state index is 13.3. The number of piperazine rings is 1. The van der Waals surface area contributed by atoms with E-state index in [2.05, 4.69) is 143 Å². The largest absolute Gasteiger partial charge is 0.377 e. The first kappa shape index (κ1) is 45.2. The fraction of sp³-hybridized carbons (Fsp3) is 0.451. The smallest absolute Gasteiger partial charge is 0.222 e. The van der Waals surface area contributed by atoms with E-state index in [1.54, 1.807) is 0 Å². The van der Waals surface area contributed by atoms with Crippen molar-refractivity contribution in [1.82, 2.24) is 20.4 Å². The fourth-order valence-corrected chi connectivity index (χ4v) is 8.89. The molecule has 0 atom stereocenters. The number of pyridine rings is 2. The summed E-state index contributed by atoms with van der Waals surface area (Å²) < 4.78 is 4.95. The van der Waals surface area contributed by atoms with Crippen LogP contribution < -0.4 is 29.6 Å². The molecule has 0 aliphatic carbocycles. The summed E-state index contributed by atoms with van der Waals surface area (Å²) in [4.78, 5) is 34.8. The lowest BCUT2D eigenvalue weighted by Crippen LogP contribution is -2.50. The minimum atomic E-state index is 0. The lowest BCUT2D eigenvalue weighted by atomic mass is 10.0. The number of fused-ring (bicyclic) bond motifs is 4.